The van der Waals surface area contributed by atoms with Crippen LogP contribution in [0.4, 0.5) is 0 Å². The number of carbonyl (C=O) groups is 1. The SMILES string of the molecule is COC1CCN(C2CCN(C(=O)C3CC=CCC3)CC2)C1. The molecule has 3 aliphatic rings. The van der Waals surface area contributed by atoms with Gasteiger partial charge < -0.3 is 9.64 Å². The average molecular weight is 292 g/mol. The molecule has 0 aromatic carbocycles. The zero-order chi connectivity index (χ0) is 14.7. The first kappa shape index (κ1) is 15.0. The van der Waals surface area contributed by atoms with E-state index in [1.54, 1.807) is 0 Å². The van der Waals surface area contributed by atoms with Crippen molar-refractivity contribution in [3.63, 3.8) is 0 Å². The number of hydrogen-bond donors (Lipinski definition) is 0. The van der Waals surface area contributed by atoms with Gasteiger partial charge in [0, 0.05) is 45.2 Å². The lowest BCUT2D eigenvalue weighted by Gasteiger charge is -2.38. The number of nitrogens with zero attached hydrogens (tertiary/aromatic N) is 2. The molecule has 2 fully saturated rings. The predicted molar refractivity (Wildman–Crippen MR) is 83.1 cm³/mol. The Balaban J connectivity index is 1.46. The third-order valence-electron chi connectivity index (χ3n) is 5.42. The lowest BCUT2D eigenvalue weighted by molar-refractivity contribution is -0.137. The molecule has 2 heterocycles. The van der Waals surface area contributed by atoms with E-state index in [1.165, 1.54) is 0 Å². The summed E-state index contributed by atoms with van der Waals surface area (Å²) >= 11 is 0. The van der Waals surface area contributed by atoms with Crippen LogP contribution in [0.25, 0.3) is 0 Å². The van der Waals surface area contributed by atoms with Gasteiger partial charge in [0.05, 0.1) is 6.10 Å². The van der Waals surface area contributed by atoms with Gasteiger partial charge in [-0.05, 0) is 38.5 Å². The van der Waals surface area contributed by atoms with Gasteiger partial charge in [-0.3, -0.25) is 9.69 Å². The molecule has 2 saturated heterocycles. The molecule has 0 bridgehead atoms. The number of methoxy groups -OCH3 is 1. The molecule has 0 radical (unpaired) electrons. The second-order valence-corrected chi connectivity index (χ2v) is 6.68. The summed E-state index contributed by atoms with van der Waals surface area (Å²) in [6.07, 6.45) is 11.3. The van der Waals surface area contributed by atoms with E-state index in [0.29, 0.717) is 18.1 Å². The van der Waals surface area contributed by atoms with Gasteiger partial charge in [-0.1, -0.05) is 12.2 Å². The van der Waals surface area contributed by atoms with E-state index in [1.807, 2.05) is 7.11 Å². The van der Waals surface area contributed by atoms with Gasteiger partial charge >= 0.3 is 0 Å². The van der Waals surface area contributed by atoms with E-state index in [0.717, 1.165) is 64.7 Å². The second kappa shape index (κ2) is 6.93. The van der Waals surface area contributed by atoms with Crippen molar-refractivity contribution in [2.75, 3.05) is 33.3 Å². The number of ether oxygens (including phenoxy) is 1. The van der Waals surface area contributed by atoms with Crippen molar-refractivity contribution in [2.45, 2.75) is 50.7 Å². The molecule has 2 unspecified atom stereocenters. The Morgan fingerprint density at radius 3 is 2.52 bits per heavy atom. The van der Waals surface area contributed by atoms with E-state index >= 15 is 0 Å². The number of carbonyl (C=O) groups excluding carboxylic acids is 1. The predicted octanol–water partition coefficient (Wildman–Crippen LogP) is 2.05. The molecular formula is C17H28N2O2. The zero-order valence-corrected chi connectivity index (χ0v) is 13.2. The maximum atomic E-state index is 12.5. The van der Waals surface area contributed by atoms with E-state index in [-0.39, 0.29) is 5.92 Å². The molecule has 1 amide bonds. The van der Waals surface area contributed by atoms with Crippen molar-refractivity contribution in [3.8, 4) is 0 Å². The molecule has 0 saturated carbocycles. The van der Waals surface area contributed by atoms with E-state index in [4.69, 9.17) is 4.74 Å². The summed E-state index contributed by atoms with van der Waals surface area (Å²) < 4.78 is 5.46. The van der Waals surface area contributed by atoms with Crippen LogP contribution in [0, 0.1) is 5.92 Å². The van der Waals surface area contributed by atoms with Crippen LogP contribution < -0.4 is 0 Å². The van der Waals surface area contributed by atoms with Crippen molar-refractivity contribution < 1.29 is 9.53 Å². The summed E-state index contributed by atoms with van der Waals surface area (Å²) in [6, 6.07) is 0.653. The fourth-order valence-corrected chi connectivity index (χ4v) is 4.01. The first-order chi connectivity index (χ1) is 10.3. The highest BCUT2D eigenvalue weighted by molar-refractivity contribution is 5.79. The molecule has 0 aromatic rings. The minimum absolute atomic E-state index is 0.246. The van der Waals surface area contributed by atoms with Gasteiger partial charge in [0.15, 0.2) is 0 Å². The first-order valence-electron chi connectivity index (χ1n) is 8.48. The molecule has 0 aromatic heterocycles. The van der Waals surface area contributed by atoms with Gasteiger partial charge in [-0.2, -0.15) is 0 Å². The second-order valence-electron chi connectivity index (χ2n) is 6.68. The molecule has 4 nitrogen and oxygen atoms in total. The average Bonchev–Trinajstić information content (AvgIpc) is 3.04. The Bertz CT molecular complexity index is 388. The highest BCUT2D eigenvalue weighted by atomic mass is 16.5. The Labute approximate surface area is 128 Å². The number of rotatable bonds is 3. The zero-order valence-electron chi connectivity index (χ0n) is 13.2. The number of allylic oxidation sites excluding steroid dienone is 2. The topological polar surface area (TPSA) is 32.8 Å². The molecule has 21 heavy (non-hydrogen) atoms. The van der Waals surface area contributed by atoms with Crippen LogP contribution in [0.3, 0.4) is 0 Å². The largest absolute Gasteiger partial charge is 0.380 e. The van der Waals surface area contributed by atoms with Crippen LogP contribution >= 0.6 is 0 Å². The van der Waals surface area contributed by atoms with Crippen LogP contribution in [-0.2, 0) is 9.53 Å². The fourth-order valence-electron chi connectivity index (χ4n) is 4.01. The van der Waals surface area contributed by atoms with E-state index in [2.05, 4.69) is 22.0 Å². The van der Waals surface area contributed by atoms with Crippen LogP contribution in [0.2, 0.25) is 0 Å². The fraction of sp³-hybridized carbons (Fsp3) is 0.824. The molecule has 0 N–H and O–H groups in total. The standard InChI is InChI=1S/C17H28N2O2/c1-21-16-9-12-19(13-16)15-7-10-18(11-8-15)17(20)14-5-3-2-4-6-14/h2-3,14-16H,4-13H2,1H3. The normalized spacial score (nSPS) is 31.8. The molecule has 3 rings (SSSR count). The summed E-state index contributed by atoms with van der Waals surface area (Å²) in [4.78, 5) is 17.2. The Hall–Kier alpha value is -0.870. The van der Waals surface area contributed by atoms with E-state index < -0.39 is 0 Å². The summed E-state index contributed by atoms with van der Waals surface area (Å²) in [7, 11) is 1.81. The minimum atomic E-state index is 0.246. The lowest BCUT2D eigenvalue weighted by Crippen LogP contribution is -2.48. The van der Waals surface area contributed by atoms with Gasteiger partial charge in [0.25, 0.3) is 0 Å². The summed E-state index contributed by atoms with van der Waals surface area (Å²) in [5, 5.41) is 0. The Kier molecular flexibility index (Phi) is 4.96. The number of amides is 1. The van der Waals surface area contributed by atoms with Crippen LogP contribution in [0.15, 0.2) is 12.2 Å². The molecular weight excluding hydrogens is 264 g/mol. The lowest BCUT2D eigenvalue weighted by atomic mass is 9.92. The van der Waals surface area contributed by atoms with Crippen LogP contribution in [-0.4, -0.2) is 61.1 Å². The number of hydrogen-bond acceptors (Lipinski definition) is 3. The quantitative estimate of drug-likeness (QED) is 0.746. The Morgan fingerprint density at radius 2 is 1.90 bits per heavy atom. The van der Waals surface area contributed by atoms with Crippen molar-refractivity contribution in [1.82, 2.24) is 9.80 Å². The molecule has 4 heteroatoms. The van der Waals surface area contributed by atoms with E-state index in [9.17, 15) is 4.79 Å². The van der Waals surface area contributed by atoms with Gasteiger partial charge in [0.2, 0.25) is 5.91 Å². The smallest absolute Gasteiger partial charge is 0.226 e. The van der Waals surface area contributed by atoms with Crippen molar-refractivity contribution >= 4 is 5.91 Å². The van der Waals surface area contributed by atoms with Crippen LogP contribution in [0.5, 0.6) is 0 Å². The maximum Gasteiger partial charge on any atom is 0.226 e. The summed E-state index contributed by atoms with van der Waals surface area (Å²) in [5.41, 5.74) is 0. The first-order valence-corrected chi connectivity index (χ1v) is 8.48. The Morgan fingerprint density at radius 1 is 1.10 bits per heavy atom. The molecule has 0 spiro atoms. The molecule has 2 aliphatic heterocycles. The number of piperidine rings is 1. The van der Waals surface area contributed by atoms with Crippen molar-refractivity contribution in [3.05, 3.63) is 12.2 Å². The minimum Gasteiger partial charge on any atom is -0.380 e. The highest BCUT2D eigenvalue weighted by Crippen LogP contribution is 2.26. The third kappa shape index (κ3) is 3.49. The van der Waals surface area contributed by atoms with Gasteiger partial charge in [-0.15, -0.1) is 0 Å². The summed E-state index contributed by atoms with van der Waals surface area (Å²) in [5.74, 6) is 0.644. The third-order valence-corrected chi connectivity index (χ3v) is 5.42. The van der Waals surface area contributed by atoms with Gasteiger partial charge in [-0.25, -0.2) is 0 Å². The van der Waals surface area contributed by atoms with Crippen LogP contribution in [0.1, 0.15) is 38.5 Å². The highest BCUT2D eigenvalue weighted by Gasteiger charge is 2.33. The summed E-state index contributed by atoms with van der Waals surface area (Å²) in [6.45, 7) is 4.11. The maximum absolute atomic E-state index is 12.5. The monoisotopic (exact) mass is 292 g/mol. The van der Waals surface area contributed by atoms with Crippen molar-refractivity contribution in [2.24, 2.45) is 5.92 Å². The molecule has 1 aliphatic carbocycles. The molecule has 2 atom stereocenters. The number of likely N-dealkylation sites (tertiary alicyclic amines) is 2. The van der Waals surface area contributed by atoms with Crippen molar-refractivity contribution in [1.29, 1.82) is 0 Å². The van der Waals surface area contributed by atoms with Gasteiger partial charge in [0.1, 0.15) is 0 Å². The molecule has 118 valence electrons.